The number of hydrogen-bond donors (Lipinski definition) is 1. The molecule has 0 aliphatic heterocycles. The van der Waals surface area contributed by atoms with Crippen LogP contribution in [-0.4, -0.2) is 20.1 Å². The van der Waals surface area contributed by atoms with Crippen LogP contribution in [0.4, 0.5) is 0 Å². The van der Waals surface area contributed by atoms with Crippen LogP contribution in [0.1, 0.15) is 19.3 Å². The number of unbranched alkanes of at least 4 members (excludes halogenated alkanes) is 2. The Kier molecular flexibility index (Phi) is 4.08. The largest absolute Gasteiger partial charge is 0.345 e. The fourth-order valence-electron chi connectivity index (χ4n) is 1.12. The van der Waals surface area contributed by atoms with Gasteiger partial charge in [-0.3, -0.25) is 4.57 Å². The highest BCUT2D eigenvalue weighted by atomic mass is 32.1. The van der Waals surface area contributed by atoms with Crippen LogP contribution in [0.3, 0.4) is 0 Å². The van der Waals surface area contributed by atoms with Crippen LogP contribution < -0.4 is 5.69 Å². The van der Waals surface area contributed by atoms with Gasteiger partial charge in [0.15, 0.2) is 0 Å². The standard InChI is InChI=1S/C8H15N3OS/c1-10-7-9-11(8(10)12)5-3-2-4-6-13/h7,13H,2-6H2,1H3. The minimum Gasteiger partial charge on any atom is -0.285 e. The normalized spacial score (nSPS) is 10.6. The van der Waals surface area contributed by atoms with E-state index in [4.69, 9.17) is 0 Å². The van der Waals surface area contributed by atoms with Crippen LogP contribution in [0.25, 0.3) is 0 Å². The zero-order chi connectivity index (χ0) is 9.68. The van der Waals surface area contributed by atoms with Crippen molar-refractivity contribution in [2.75, 3.05) is 5.75 Å². The summed E-state index contributed by atoms with van der Waals surface area (Å²) < 4.78 is 2.98. The van der Waals surface area contributed by atoms with E-state index in [1.54, 1.807) is 13.4 Å². The first kappa shape index (κ1) is 10.4. The smallest absolute Gasteiger partial charge is 0.285 e. The molecule has 0 unspecified atom stereocenters. The molecule has 0 saturated heterocycles. The fraction of sp³-hybridized carbons (Fsp3) is 0.750. The molecule has 1 aromatic rings. The molecule has 1 rings (SSSR count). The molecule has 1 aromatic heterocycles. The molecule has 5 heteroatoms. The molecular weight excluding hydrogens is 186 g/mol. The maximum absolute atomic E-state index is 11.3. The van der Waals surface area contributed by atoms with Crippen LogP contribution in [-0.2, 0) is 13.6 Å². The molecule has 0 bridgehead atoms. The van der Waals surface area contributed by atoms with Gasteiger partial charge in [0.1, 0.15) is 6.33 Å². The van der Waals surface area contributed by atoms with Gasteiger partial charge in [-0.1, -0.05) is 6.42 Å². The molecule has 13 heavy (non-hydrogen) atoms. The number of aromatic nitrogens is 3. The molecule has 74 valence electrons. The summed E-state index contributed by atoms with van der Waals surface area (Å²) in [6.45, 7) is 0.716. The topological polar surface area (TPSA) is 39.8 Å². The number of nitrogens with zero attached hydrogens (tertiary/aromatic N) is 3. The summed E-state index contributed by atoms with van der Waals surface area (Å²) in [6, 6.07) is 0. The van der Waals surface area contributed by atoms with Crippen molar-refractivity contribution < 1.29 is 0 Å². The Morgan fingerprint density at radius 2 is 2.23 bits per heavy atom. The Morgan fingerprint density at radius 1 is 1.46 bits per heavy atom. The van der Waals surface area contributed by atoms with Gasteiger partial charge in [-0.05, 0) is 18.6 Å². The lowest BCUT2D eigenvalue weighted by Gasteiger charge is -1.98. The van der Waals surface area contributed by atoms with Crippen molar-refractivity contribution in [1.82, 2.24) is 14.3 Å². The highest BCUT2D eigenvalue weighted by molar-refractivity contribution is 7.80. The summed E-state index contributed by atoms with van der Waals surface area (Å²) in [5, 5.41) is 3.96. The van der Waals surface area contributed by atoms with E-state index in [9.17, 15) is 4.79 Å². The number of thiol groups is 1. The molecule has 0 radical (unpaired) electrons. The molecule has 0 N–H and O–H groups in total. The first-order valence-corrected chi connectivity index (χ1v) is 5.08. The van der Waals surface area contributed by atoms with Crippen LogP contribution in [0.2, 0.25) is 0 Å². The predicted octanol–water partition coefficient (Wildman–Crippen LogP) is 0.682. The Labute approximate surface area is 83.0 Å². The SMILES string of the molecule is Cn1cnn(CCCCCS)c1=O. The molecule has 1 heterocycles. The summed E-state index contributed by atoms with van der Waals surface area (Å²) in [6.07, 6.45) is 4.75. The Morgan fingerprint density at radius 3 is 2.77 bits per heavy atom. The van der Waals surface area contributed by atoms with Crippen molar-refractivity contribution in [1.29, 1.82) is 0 Å². The molecular formula is C8H15N3OS. The van der Waals surface area contributed by atoms with Crippen molar-refractivity contribution in [3.63, 3.8) is 0 Å². The summed E-state index contributed by atoms with van der Waals surface area (Å²) in [7, 11) is 1.71. The fourth-order valence-corrected chi connectivity index (χ4v) is 1.35. The van der Waals surface area contributed by atoms with Crippen molar-refractivity contribution in [2.45, 2.75) is 25.8 Å². The molecule has 0 atom stereocenters. The second-order valence-corrected chi connectivity index (χ2v) is 3.48. The Hall–Kier alpha value is -0.710. The summed E-state index contributed by atoms with van der Waals surface area (Å²) in [5.74, 6) is 0.914. The summed E-state index contributed by atoms with van der Waals surface area (Å²) >= 11 is 4.12. The molecule has 0 saturated carbocycles. The van der Waals surface area contributed by atoms with Gasteiger partial charge in [0.05, 0.1) is 0 Å². The van der Waals surface area contributed by atoms with E-state index in [1.165, 1.54) is 9.25 Å². The van der Waals surface area contributed by atoms with Gasteiger partial charge in [-0.25, -0.2) is 9.48 Å². The van der Waals surface area contributed by atoms with E-state index in [1.807, 2.05) is 0 Å². The van der Waals surface area contributed by atoms with Gasteiger partial charge in [0, 0.05) is 13.6 Å². The van der Waals surface area contributed by atoms with Crippen LogP contribution in [0.15, 0.2) is 11.1 Å². The monoisotopic (exact) mass is 201 g/mol. The zero-order valence-corrected chi connectivity index (χ0v) is 8.70. The average molecular weight is 201 g/mol. The minimum absolute atomic E-state index is 0.0362. The molecule has 0 spiro atoms. The van der Waals surface area contributed by atoms with Crippen LogP contribution in [0, 0.1) is 0 Å². The van der Waals surface area contributed by atoms with Crippen LogP contribution >= 0.6 is 12.6 Å². The summed E-state index contributed by atoms with van der Waals surface area (Å²) in [5.41, 5.74) is -0.0362. The van der Waals surface area contributed by atoms with Crippen molar-refractivity contribution in [3.8, 4) is 0 Å². The van der Waals surface area contributed by atoms with Gasteiger partial charge < -0.3 is 0 Å². The van der Waals surface area contributed by atoms with Crippen molar-refractivity contribution in [2.24, 2.45) is 7.05 Å². The van der Waals surface area contributed by atoms with E-state index in [2.05, 4.69) is 17.7 Å². The molecule has 0 fully saturated rings. The van der Waals surface area contributed by atoms with Gasteiger partial charge in [-0.15, -0.1) is 0 Å². The number of aryl methyl sites for hydroxylation is 2. The van der Waals surface area contributed by atoms with Crippen molar-refractivity contribution in [3.05, 3.63) is 16.8 Å². The quantitative estimate of drug-likeness (QED) is 0.562. The average Bonchev–Trinajstić information content (AvgIpc) is 2.43. The predicted molar refractivity (Wildman–Crippen MR) is 55.2 cm³/mol. The second-order valence-electron chi connectivity index (χ2n) is 3.03. The third kappa shape index (κ3) is 2.91. The molecule has 0 amide bonds. The van der Waals surface area contributed by atoms with Crippen molar-refractivity contribution >= 4 is 12.6 Å². The van der Waals surface area contributed by atoms with E-state index >= 15 is 0 Å². The van der Waals surface area contributed by atoms with Gasteiger partial charge in [0.25, 0.3) is 0 Å². The van der Waals surface area contributed by atoms with E-state index in [0.29, 0.717) is 6.54 Å². The maximum Gasteiger partial charge on any atom is 0.345 e. The third-order valence-corrected chi connectivity index (χ3v) is 2.23. The van der Waals surface area contributed by atoms with E-state index in [0.717, 1.165) is 25.0 Å². The zero-order valence-electron chi connectivity index (χ0n) is 7.81. The Bertz CT molecular complexity index is 305. The molecule has 0 aliphatic rings. The lowest BCUT2D eigenvalue weighted by Crippen LogP contribution is -2.23. The van der Waals surface area contributed by atoms with E-state index < -0.39 is 0 Å². The second kappa shape index (κ2) is 5.11. The summed E-state index contributed by atoms with van der Waals surface area (Å²) in [4.78, 5) is 11.3. The molecule has 0 aromatic carbocycles. The Balaban J connectivity index is 2.37. The molecule has 0 aliphatic carbocycles. The third-order valence-electron chi connectivity index (χ3n) is 1.91. The van der Waals surface area contributed by atoms with Gasteiger partial charge in [-0.2, -0.15) is 17.7 Å². The van der Waals surface area contributed by atoms with E-state index in [-0.39, 0.29) is 5.69 Å². The molecule has 4 nitrogen and oxygen atoms in total. The number of rotatable bonds is 5. The number of hydrogen-bond acceptors (Lipinski definition) is 3. The lowest BCUT2D eigenvalue weighted by atomic mass is 10.2. The first-order valence-electron chi connectivity index (χ1n) is 4.45. The van der Waals surface area contributed by atoms with Gasteiger partial charge in [0.2, 0.25) is 0 Å². The highest BCUT2D eigenvalue weighted by Gasteiger charge is 1.99. The lowest BCUT2D eigenvalue weighted by molar-refractivity contribution is 0.534. The minimum atomic E-state index is -0.0362. The van der Waals surface area contributed by atoms with Crippen LogP contribution in [0.5, 0.6) is 0 Å². The highest BCUT2D eigenvalue weighted by Crippen LogP contribution is 1.97. The van der Waals surface area contributed by atoms with Gasteiger partial charge >= 0.3 is 5.69 Å². The first-order chi connectivity index (χ1) is 6.25. The maximum atomic E-state index is 11.3.